The molecular weight excluding hydrogens is 328 g/mol. The van der Waals surface area contributed by atoms with Crippen LogP contribution in [0.3, 0.4) is 0 Å². The van der Waals surface area contributed by atoms with Gasteiger partial charge in [0.05, 0.1) is 23.7 Å². The van der Waals surface area contributed by atoms with E-state index < -0.39 is 4.92 Å². The first-order chi connectivity index (χ1) is 9.41. The number of nitrogens with one attached hydrogen (secondary N) is 1. The lowest BCUT2D eigenvalue weighted by atomic mass is 10.2. The van der Waals surface area contributed by atoms with E-state index in [2.05, 4.69) is 27.8 Å². The Kier molecular flexibility index (Phi) is 6.33. The van der Waals surface area contributed by atoms with Crippen molar-refractivity contribution in [1.82, 2.24) is 5.32 Å². The Morgan fingerprint density at radius 2 is 2.25 bits per heavy atom. The van der Waals surface area contributed by atoms with Crippen LogP contribution in [0.1, 0.15) is 17.3 Å². The topological polar surface area (TPSA) is 81.5 Å². The predicted molar refractivity (Wildman–Crippen MR) is 78.8 cm³/mol. The first-order valence-electron chi connectivity index (χ1n) is 5.86. The van der Waals surface area contributed by atoms with Gasteiger partial charge in [-0.3, -0.25) is 14.9 Å². The lowest BCUT2D eigenvalue weighted by Crippen LogP contribution is -2.27. The Balaban J connectivity index is 2.57. The number of hydrogen-bond acceptors (Lipinski definition) is 4. The van der Waals surface area contributed by atoms with Gasteiger partial charge in [-0.25, -0.2) is 0 Å². The van der Waals surface area contributed by atoms with Gasteiger partial charge in [0, 0.05) is 23.2 Å². The molecule has 0 saturated carbocycles. The number of carbonyl (C=O) groups excluding carboxylic acids is 1. The molecule has 0 unspecified atom stereocenters. The van der Waals surface area contributed by atoms with E-state index in [0.717, 1.165) is 5.57 Å². The highest BCUT2D eigenvalue weighted by Gasteiger charge is 2.15. The highest BCUT2D eigenvalue weighted by atomic mass is 79.9. The molecule has 1 amide bonds. The Morgan fingerprint density at radius 3 is 2.85 bits per heavy atom. The maximum atomic E-state index is 11.9. The van der Waals surface area contributed by atoms with Crippen LogP contribution in [0.2, 0.25) is 0 Å². The second kappa shape index (κ2) is 7.76. The average Bonchev–Trinajstić information content (AvgIpc) is 2.37. The summed E-state index contributed by atoms with van der Waals surface area (Å²) in [4.78, 5) is 22.0. The molecule has 1 N–H and O–H groups in total. The maximum absolute atomic E-state index is 11.9. The van der Waals surface area contributed by atoms with Crippen molar-refractivity contribution in [2.24, 2.45) is 0 Å². The van der Waals surface area contributed by atoms with Crippen molar-refractivity contribution in [1.29, 1.82) is 0 Å². The van der Waals surface area contributed by atoms with Crippen molar-refractivity contribution in [3.05, 3.63) is 50.5 Å². The molecule has 0 aliphatic carbocycles. The Hall–Kier alpha value is -1.73. The van der Waals surface area contributed by atoms with Gasteiger partial charge >= 0.3 is 0 Å². The lowest BCUT2D eigenvalue weighted by Gasteiger charge is -2.07. The molecule has 7 heteroatoms. The predicted octanol–water partition coefficient (Wildman–Crippen LogP) is 2.68. The molecule has 0 bridgehead atoms. The summed E-state index contributed by atoms with van der Waals surface area (Å²) in [5.74, 6) is -0.389. The van der Waals surface area contributed by atoms with Gasteiger partial charge in [-0.15, -0.1) is 0 Å². The number of benzene rings is 1. The van der Waals surface area contributed by atoms with Gasteiger partial charge in [0.15, 0.2) is 0 Å². The molecular formula is C13H15BrN2O4. The molecule has 1 rings (SSSR count). The van der Waals surface area contributed by atoms with Crippen molar-refractivity contribution < 1.29 is 14.5 Å². The summed E-state index contributed by atoms with van der Waals surface area (Å²) in [6.45, 7) is 6.65. The smallest absolute Gasteiger partial charge is 0.270 e. The summed E-state index contributed by atoms with van der Waals surface area (Å²) in [5, 5.41) is 13.3. The molecule has 1 aromatic carbocycles. The van der Waals surface area contributed by atoms with E-state index >= 15 is 0 Å². The standard InChI is InChI=1S/C13H15BrN2O4/c1-9(2)8-20-6-5-15-13(17)11-7-10(16(18)19)3-4-12(11)14/h3-4,7H,1,5-6,8H2,2H3,(H,15,17). The summed E-state index contributed by atoms with van der Waals surface area (Å²) >= 11 is 3.20. The number of non-ortho nitro benzene ring substituents is 1. The summed E-state index contributed by atoms with van der Waals surface area (Å²) < 4.78 is 5.74. The highest BCUT2D eigenvalue weighted by molar-refractivity contribution is 9.10. The molecule has 0 radical (unpaired) electrons. The quantitative estimate of drug-likeness (QED) is 0.357. The first kappa shape index (κ1) is 16.3. The van der Waals surface area contributed by atoms with Gasteiger partial charge in [0.2, 0.25) is 0 Å². The molecule has 108 valence electrons. The van der Waals surface area contributed by atoms with Gasteiger partial charge in [-0.05, 0) is 28.9 Å². The Labute approximate surface area is 125 Å². The molecule has 6 nitrogen and oxygen atoms in total. The number of nitrogens with zero attached hydrogens (tertiary/aromatic N) is 1. The fourth-order valence-electron chi connectivity index (χ4n) is 1.38. The van der Waals surface area contributed by atoms with Gasteiger partial charge in [-0.2, -0.15) is 0 Å². The van der Waals surface area contributed by atoms with Gasteiger partial charge in [0.1, 0.15) is 0 Å². The fraction of sp³-hybridized carbons (Fsp3) is 0.308. The van der Waals surface area contributed by atoms with Crippen LogP contribution in [0.25, 0.3) is 0 Å². The van der Waals surface area contributed by atoms with Crippen molar-refractivity contribution in [3.8, 4) is 0 Å². The minimum Gasteiger partial charge on any atom is -0.375 e. The molecule has 1 aromatic rings. The summed E-state index contributed by atoms with van der Waals surface area (Å²) in [6, 6.07) is 4.04. The zero-order valence-electron chi connectivity index (χ0n) is 11.0. The maximum Gasteiger partial charge on any atom is 0.270 e. The molecule has 0 fully saturated rings. The summed E-state index contributed by atoms with van der Waals surface area (Å²) in [7, 11) is 0. The fourth-order valence-corrected chi connectivity index (χ4v) is 1.81. The number of amides is 1. The minimum absolute atomic E-state index is 0.128. The number of carbonyl (C=O) groups is 1. The summed E-state index contributed by atoms with van der Waals surface area (Å²) in [6.07, 6.45) is 0. The van der Waals surface area contributed by atoms with E-state index in [1.807, 2.05) is 6.92 Å². The van der Waals surface area contributed by atoms with Gasteiger partial charge < -0.3 is 10.1 Å². The third kappa shape index (κ3) is 5.10. The monoisotopic (exact) mass is 342 g/mol. The number of rotatable bonds is 7. The number of hydrogen-bond donors (Lipinski definition) is 1. The van der Waals surface area contributed by atoms with Crippen LogP contribution < -0.4 is 5.32 Å². The normalized spacial score (nSPS) is 10.1. The Bertz CT molecular complexity index is 531. The van der Waals surface area contributed by atoms with Crippen molar-refractivity contribution >= 4 is 27.5 Å². The molecule has 20 heavy (non-hydrogen) atoms. The van der Waals surface area contributed by atoms with Crippen molar-refractivity contribution in [2.45, 2.75) is 6.92 Å². The molecule has 0 aliphatic heterocycles. The zero-order valence-corrected chi connectivity index (χ0v) is 12.6. The van der Waals surface area contributed by atoms with E-state index in [9.17, 15) is 14.9 Å². The highest BCUT2D eigenvalue weighted by Crippen LogP contribution is 2.22. The van der Waals surface area contributed by atoms with E-state index in [1.165, 1.54) is 18.2 Å². The number of halogens is 1. The first-order valence-corrected chi connectivity index (χ1v) is 6.65. The second-order valence-corrected chi connectivity index (χ2v) is 5.04. The SMILES string of the molecule is C=C(C)COCCNC(=O)c1cc([N+](=O)[O-])ccc1Br. The van der Waals surface area contributed by atoms with Crippen molar-refractivity contribution in [3.63, 3.8) is 0 Å². The minimum atomic E-state index is -0.542. The molecule has 0 aromatic heterocycles. The average molecular weight is 343 g/mol. The van der Waals surface area contributed by atoms with Gasteiger partial charge in [0.25, 0.3) is 11.6 Å². The van der Waals surface area contributed by atoms with Crippen LogP contribution in [0, 0.1) is 10.1 Å². The van der Waals surface area contributed by atoms with E-state index in [1.54, 1.807) is 0 Å². The van der Waals surface area contributed by atoms with E-state index in [0.29, 0.717) is 24.2 Å². The molecule has 0 aliphatic rings. The largest absolute Gasteiger partial charge is 0.375 e. The molecule has 0 heterocycles. The number of ether oxygens (including phenoxy) is 1. The van der Waals surface area contributed by atoms with Crippen molar-refractivity contribution in [2.75, 3.05) is 19.8 Å². The number of nitro groups is 1. The summed E-state index contributed by atoms with van der Waals surface area (Å²) in [5.41, 5.74) is 0.994. The van der Waals surface area contributed by atoms with Crippen LogP contribution in [-0.4, -0.2) is 30.6 Å². The third-order valence-electron chi connectivity index (χ3n) is 2.29. The Morgan fingerprint density at radius 1 is 1.55 bits per heavy atom. The third-order valence-corrected chi connectivity index (χ3v) is 2.98. The van der Waals surface area contributed by atoms with Gasteiger partial charge in [-0.1, -0.05) is 12.2 Å². The molecule has 0 saturated heterocycles. The van der Waals surface area contributed by atoms with Crippen LogP contribution >= 0.6 is 15.9 Å². The second-order valence-electron chi connectivity index (χ2n) is 4.19. The molecule has 0 spiro atoms. The van der Waals surface area contributed by atoms with Crippen LogP contribution in [0.5, 0.6) is 0 Å². The van der Waals surface area contributed by atoms with E-state index in [4.69, 9.17) is 4.74 Å². The van der Waals surface area contributed by atoms with E-state index in [-0.39, 0.29) is 17.2 Å². The lowest BCUT2D eigenvalue weighted by molar-refractivity contribution is -0.384. The molecule has 0 atom stereocenters. The van der Waals surface area contributed by atoms with Crippen LogP contribution in [-0.2, 0) is 4.74 Å². The van der Waals surface area contributed by atoms with Crippen LogP contribution in [0.15, 0.2) is 34.8 Å². The van der Waals surface area contributed by atoms with Crippen LogP contribution in [0.4, 0.5) is 5.69 Å². The zero-order chi connectivity index (χ0) is 15.1. The number of nitro benzene ring substituents is 1.